The number of hydrogen-bond donors (Lipinski definition) is 3. The molecule has 0 aromatic heterocycles. The Kier molecular flexibility index (Phi) is 5.69. The summed E-state index contributed by atoms with van der Waals surface area (Å²) in [7, 11) is 0. The molecule has 1 atom stereocenters. The highest BCUT2D eigenvalue weighted by Gasteiger charge is 2.14. The molecule has 104 valence electrons. The summed E-state index contributed by atoms with van der Waals surface area (Å²) in [5.74, 6) is -0.653. The zero-order chi connectivity index (χ0) is 14.4. The van der Waals surface area contributed by atoms with E-state index in [0.717, 1.165) is 6.42 Å². The molecule has 4 nitrogen and oxygen atoms in total. The molecule has 19 heavy (non-hydrogen) atoms. The van der Waals surface area contributed by atoms with Crippen LogP contribution in [0, 0.1) is 5.82 Å². The number of hydrogen-bond acceptors (Lipinski definition) is 3. The molecule has 0 heterocycles. The number of halogens is 1. The van der Waals surface area contributed by atoms with Crippen molar-refractivity contribution in [2.45, 2.75) is 26.3 Å². The standard InChI is InChI=1S/C13H18FN3OS/c1-3-6-16-13(18)8(2)17-11-5-4-9(12(15)19)7-10(11)14/h4-5,7-8,17H,3,6H2,1-2H3,(H2,15,19)(H,16,18). The fraction of sp³-hybridized carbons (Fsp3) is 0.385. The summed E-state index contributed by atoms with van der Waals surface area (Å²) in [5, 5.41) is 5.55. The van der Waals surface area contributed by atoms with Crippen molar-refractivity contribution in [1.82, 2.24) is 5.32 Å². The van der Waals surface area contributed by atoms with Gasteiger partial charge in [0.25, 0.3) is 0 Å². The fourth-order valence-corrected chi connectivity index (χ4v) is 1.61. The maximum Gasteiger partial charge on any atom is 0.242 e. The van der Waals surface area contributed by atoms with Crippen LogP contribution in [0.4, 0.5) is 10.1 Å². The van der Waals surface area contributed by atoms with Gasteiger partial charge in [-0.1, -0.05) is 19.1 Å². The quantitative estimate of drug-likeness (QED) is 0.696. The first kappa shape index (κ1) is 15.4. The fourth-order valence-electron chi connectivity index (χ4n) is 1.49. The largest absolute Gasteiger partial charge is 0.389 e. The Bertz CT molecular complexity index is 479. The number of thiocarbonyl (C=S) groups is 1. The van der Waals surface area contributed by atoms with Gasteiger partial charge in [-0.05, 0) is 31.5 Å². The summed E-state index contributed by atoms with van der Waals surface area (Å²) in [4.78, 5) is 11.8. The lowest BCUT2D eigenvalue weighted by atomic mass is 10.2. The molecule has 1 rings (SSSR count). The molecule has 0 aliphatic rings. The minimum absolute atomic E-state index is 0.138. The normalized spacial score (nSPS) is 11.7. The Morgan fingerprint density at radius 2 is 2.21 bits per heavy atom. The van der Waals surface area contributed by atoms with Gasteiger partial charge in [-0.15, -0.1) is 0 Å². The lowest BCUT2D eigenvalue weighted by molar-refractivity contribution is -0.121. The van der Waals surface area contributed by atoms with Crippen molar-refractivity contribution in [1.29, 1.82) is 0 Å². The molecular weight excluding hydrogens is 265 g/mol. The second-order valence-corrected chi connectivity index (χ2v) is 4.66. The van der Waals surface area contributed by atoms with E-state index in [9.17, 15) is 9.18 Å². The van der Waals surface area contributed by atoms with Gasteiger partial charge >= 0.3 is 0 Å². The molecule has 1 amide bonds. The van der Waals surface area contributed by atoms with Gasteiger partial charge in [0.2, 0.25) is 5.91 Å². The van der Waals surface area contributed by atoms with Crippen LogP contribution < -0.4 is 16.4 Å². The van der Waals surface area contributed by atoms with Crippen LogP contribution >= 0.6 is 12.2 Å². The van der Waals surface area contributed by atoms with Gasteiger partial charge in [0.15, 0.2) is 0 Å². The van der Waals surface area contributed by atoms with Crippen molar-refractivity contribution in [2.24, 2.45) is 5.73 Å². The molecule has 1 aromatic carbocycles. The third kappa shape index (κ3) is 4.48. The third-order valence-electron chi connectivity index (χ3n) is 2.57. The van der Waals surface area contributed by atoms with E-state index in [1.165, 1.54) is 12.1 Å². The maximum atomic E-state index is 13.8. The molecule has 0 aliphatic carbocycles. The van der Waals surface area contributed by atoms with Gasteiger partial charge in [0, 0.05) is 12.1 Å². The minimum atomic E-state index is -0.517. The number of carbonyl (C=O) groups excluding carboxylic acids is 1. The summed E-state index contributed by atoms with van der Waals surface area (Å²) in [6, 6.07) is 3.87. The zero-order valence-electron chi connectivity index (χ0n) is 11.0. The molecule has 4 N–H and O–H groups in total. The van der Waals surface area contributed by atoms with Crippen molar-refractivity contribution in [3.05, 3.63) is 29.6 Å². The molecule has 0 saturated heterocycles. The first-order valence-corrected chi connectivity index (χ1v) is 6.50. The van der Waals surface area contributed by atoms with Crippen LogP contribution in [0.1, 0.15) is 25.8 Å². The van der Waals surface area contributed by atoms with Gasteiger partial charge in [-0.3, -0.25) is 4.79 Å². The number of amides is 1. The summed E-state index contributed by atoms with van der Waals surface area (Å²) in [6.45, 7) is 4.24. The molecule has 1 unspecified atom stereocenters. The van der Waals surface area contributed by atoms with Gasteiger partial charge in [-0.25, -0.2) is 4.39 Å². The third-order valence-corrected chi connectivity index (χ3v) is 2.80. The van der Waals surface area contributed by atoms with Gasteiger partial charge in [-0.2, -0.15) is 0 Å². The predicted molar refractivity (Wildman–Crippen MR) is 78.7 cm³/mol. The van der Waals surface area contributed by atoms with E-state index in [1.54, 1.807) is 13.0 Å². The number of anilines is 1. The number of carbonyl (C=O) groups is 1. The highest BCUT2D eigenvalue weighted by Crippen LogP contribution is 2.16. The summed E-state index contributed by atoms with van der Waals surface area (Å²) in [5.41, 5.74) is 6.13. The smallest absolute Gasteiger partial charge is 0.242 e. The summed E-state index contributed by atoms with van der Waals surface area (Å²) >= 11 is 4.77. The van der Waals surface area contributed by atoms with Crippen LogP contribution in [0.3, 0.4) is 0 Å². The number of nitrogens with one attached hydrogen (secondary N) is 2. The molecule has 0 fully saturated rings. The average Bonchev–Trinajstić information content (AvgIpc) is 2.37. The van der Waals surface area contributed by atoms with Crippen molar-refractivity contribution >= 4 is 28.8 Å². The van der Waals surface area contributed by atoms with Crippen molar-refractivity contribution in [3.63, 3.8) is 0 Å². The van der Waals surface area contributed by atoms with E-state index < -0.39 is 11.9 Å². The summed E-state index contributed by atoms with van der Waals surface area (Å²) in [6.07, 6.45) is 0.857. The van der Waals surface area contributed by atoms with Crippen LogP contribution in [0.25, 0.3) is 0 Å². The second-order valence-electron chi connectivity index (χ2n) is 4.22. The van der Waals surface area contributed by atoms with Crippen LogP contribution in [-0.2, 0) is 4.79 Å². The van der Waals surface area contributed by atoms with Crippen LogP contribution in [0.15, 0.2) is 18.2 Å². The Morgan fingerprint density at radius 3 is 2.74 bits per heavy atom. The second kappa shape index (κ2) is 7.04. The average molecular weight is 283 g/mol. The Balaban J connectivity index is 2.71. The maximum absolute atomic E-state index is 13.8. The lowest BCUT2D eigenvalue weighted by Crippen LogP contribution is -2.38. The molecule has 1 aromatic rings. The highest BCUT2D eigenvalue weighted by atomic mass is 32.1. The molecule has 0 bridgehead atoms. The molecule has 0 spiro atoms. The summed E-state index contributed by atoms with van der Waals surface area (Å²) < 4.78 is 13.8. The predicted octanol–water partition coefficient (Wildman–Crippen LogP) is 1.79. The van der Waals surface area contributed by atoms with Crippen LogP contribution in [0.2, 0.25) is 0 Å². The van der Waals surface area contributed by atoms with E-state index in [2.05, 4.69) is 10.6 Å². The van der Waals surface area contributed by atoms with Gasteiger partial charge in [0.1, 0.15) is 16.8 Å². The van der Waals surface area contributed by atoms with E-state index in [0.29, 0.717) is 12.1 Å². The highest BCUT2D eigenvalue weighted by molar-refractivity contribution is 7.80. The van der Waals surface area contributed by atoms with E-state index in [-0.39, 0.29) is 16.6 Å². The monoisotopic (exact) mass is 283 g/mol. The van der Waals surface area contributed by atoms with E-state index >= 15 is 0 Å². The SMILES string of the molecule is CCCNC(=O)C(C)Nc1ccc(C(N)=S)cc1F. The number of benzene rings is 1. The number of nitrogens with two attached hydrogens (primary N) is 1. The van der Waals surface area contributed by atoms with E-state index in [4.69, 9.17) is 18.0 Å². The molecule has 0 aliphatic heterocycles. The Labute approximate surface area is 117 Å². The van der Waals surface area contributed by atoms with Crippen molar-refractivity contribution in [2.75, 3.05) is 11.9 Å². The molecule has 6 heteroatoms. The van der Waals surface area contributed by atoms with Gasteiger partial charge in [0.05, 0.1) is 5.69 Å². The molecule has 0 saturated carbocycles. The Hall–Kier alpha value is -1.69. The topological polar surface area (TPSA) is 67.2 Å². The van der Waals surface area contributed by atoms with Crippen LogP contribution in [-0.4, -0.2) is 23.5 Å². The molecule has 0 radical (unpaired) electrons. The number of rotatable bonds is 6. The minimum Gasteiger partial charge on any atom is -0.389 e. The zero-order valence-corrected chi connectivity index (χ0v) is 11.8. The van der Waals surface area contributed by atoms with Crippen molar-refractivity contribution in [3.8, 4) is 0 Å². The van der Waals surface area contributed by atoms with E-state index in [1.807, 2.05) is 6.92 Å². The lowest BCUT2D eigenvalue weighted by Gasteiger charge is -2.16. The Morgan fingerprint density at radius 1 is 1.53 bits per heavy atom. The van der Waals surface area contributed by atoms with Gasteiger partial charge < -0.3 is 16.4 Å². The van der Waals surface area contributed by atoms with Crippen LogP contribution in [0.5, 0.6) is 0 Å². The first-order valence-electron chi connectivity index (χ1n) is 6.09. The first-order chi connectivity index (χ1) is 8.95. The molecular formula is C13H18FN3OS. The van der Waals surface area contributed by atoms with Crippen molar-refractivity contribution < 1.29 is 9.18 Å².